The molecular weight excluding hydrogens is 300 g/mol. The predicted molar refractivity (Wildman–Crippen MR) is 76.5 cm³/mol. The van der Waals surface area contributed by atoms with E-state index in [2.05, 4.69) is 40.1 Å². The minimum atomic E-state index is 0.507. The first-order chi connectivity index (χ1) is 8.08. The molecule has 1 aromatic rings. The van der Waals surface area contributed by atoms with Crippen molar-refractivity contribution < 1.29 is 0 Å². The van der Waals surface area contributed by atoms with Gasteiger partial charge in [0.15, 0.2) is 5.15 Å². The standard InChI is InChI=1S/C13H18BrClN2/c1-8-4-3-5-11(9(8)2)17-12-6-10(14)7-16-13(12)15/h6-9,11,17H,3-5H2,1-2H3. The number of pyridine rings is 1. The van der Waals surface area contributed by atoms with Crippen LogP contribution in [-0.2, 0) is 0 Å². The van der Waals surface area contributed by atoms with E-state index < -0.39 is 0 Å². The van der Waals surface area contributed by atoms with E-state index in [1.54, 1.807) is 6.20 Å². The number of aromatic nitrogens is 1. The topological polar surface area (TPSA) is 24.9 Å². The summed E-state index contributed by atoms with van der Waals surface area (Å²) in [4.78, 5) is 4.14. The summed E-state index contributed by atoms with van der Waals surface area (Å²) < 4.78 is 0.959. The Labute approximate surface area is 116 Å². The van der Waals surface area contributed by atoms with Crippen LogP contribution < -0.4 is 5.32 Å². The number of halogens is 2. The third-order valence-electron chi connectivity index (χ3n) is 3.85. The Morgan fingerprint density at radius 1 is 1.41 bits per heavy atom. The fourth-order valence-electron chi connectivity index (χ4n) is 2.51. The molecule has 4 heteroatoms. The van der Waals surface area contributed by atoms with Crippen LogP contribution in [0.25, 0.3) is 0 Å². The van der Waals surface area contributed by atoms with Crippen molar-refractivity contribution >= 4 is 33.2 Å². The molecule has 0 saturated heterocycles. The molecule has 0 aliphatic heterocycles. The summed E-state index contributed by atoms with van der Waals surface area (Å²) in [7, 11) is 0. The van der Waals surface area contributed by atoms with Crippen molar-refractivity contribution in [2.75, 3.05) is 5.32 Å². The van der Waals surface area contributed by atoms with Crippen molar-refractivity contribution in [3.05, 3.63) is 21.9 Å². The minimum Gasteiger partial charge on any atom is -0.380 e. The van der Waals surface area contributed by atoms with Crippen LogP contribution in [0.15, 0.2) is 16.7 Å². The highest BCUT2D eigenvalue weighted by Gasteiger charge is 2.27. The van der Waals surface area contributed by atoms with Crippen LogP contribution >= 0.6 is 27.5 Å². The molecule has 0 amide bonds. The zero-order valence-electron chi connectivity index (χ0n) is 10.2. The van der Waals surface area contributed by atoms with E-state index >= 15 is 0 Å². The van der Waals surface area contributed by atoms with E-state index in [0.29, 0.717) is 17.1 Å². The summed E-state index contributed by atoms with van der Waals surface area (Å²) in [5.74, 6) is 1.46. The maximum atomic E-state index is 6.11. The van der Waals surface area contributed by atoms with Gasteiger partial charge >= 0.3 is 0 Å². The maximum Gasteiger partial charge on any atom is 0.152 e. The van der Waals surface area contributed by atoms with E-state index in [1.165, 1.54) is 19.3 Å². The van der Waals surface area contributed by atoms with Crippen LogP contribution in [0.1, 0.15) is 33.1 Å². The summed E-state index contributed by atoms with van der Waals surface area (Å²) in [6, 6.07) is 2.51. The van der Waals surface area contributed by atoms with Crippen LogP contribution in [0.3, 0.4) is 0 Å². The van der Waals surface area contributed by atoms with Gasteiger partial charge in [-0.1, -0.05) is 38.3 Å². The summed E-state index contributed by atoms with van der Waals surface area (Å²) >= 11 is 9.53. The summed E-state index contributed by atoms with van der Waals surface area (Å²) in [5.41, 5.74) is 0.937. The average molecular weight is 318 g/mol. The van der Waals surface area contributed by atoms with Gasteiger partial charge in [-0.05, 0) is 40.3 Å². The van der Waals surface area contributed by atoms with Crippen molar-refractivity contribution in [3.63, 3.8) is 0 Å². The first-order valence-electron chi connectivity index (χ1n) is 6.15. The van der Waals surface area contributed by atoms with Gasteiger partial charge in [0, 0.05) is 16.7 Å². The number of hydrogen-bond donors (Lipinski definition) is 1. The van der Waals surface area contributed by atoms with Gasteiger partial charge in [-0.15, -0.1) is 0 Å². The first kappa shape index (κ1) is 13.2. The lowest BCUT2D eigenvalue weighted by Crippen LogP contribution is -2.35. The Bertz CT molecular complexity index is 397. The van der Waals surface area contributed by atoms with Crippen LogP contribution in [0.4, 0.5) is 5.69 Å². The molecule has 0 bridgehead atoms. The summed E-state index contributed by atoms with van der Waals surface area (Å²) in [6.07, 6.45) is 5.57. The summed E-state index contributed by atoms with van der Waals surface area (Å²) in [6.45, 7) is 4.65. The van der Waals surface area contributed by atoms with Crippen molar-refractivity contribution in [1.82, 2.24) is 4.98 Å². The molecule has 0 spiro atoms. The van der Waals surface area contributed by atoms with Gasteiger partial charge in [0.05, 0.1) is 5.69 Å². The number of nitrogens with zero attached hydrogens (tertiary/aromatic N) is 1. The molecule has 2 nitrogen and oxygen atoms in total. The van der Waals surface area contributed by atoms with Crippen LogP contribution in [-0.4, -0.2) is 11.0 Å². The quantitative estimate of drug-likeness (QED) is 0.797. The van der Waals surface area contributed by atoms with Gasteiger partial charge in [-0.25, -0.2) is 4.98 Å². The minimum absolute atomic E-state index is 0.507. The van der Waals surface area contributed by atoms with Crippen LogP contribution in [0, 0.1) is 11.8 Å². The Morgan fingerprint density at radius 3 is 2.94 bits per heavy atom. The Balaban J connectivity index is 2.11. The lowest BCUT2D eigenvalue weighted by molar-refractivity contribution is 0.253. The molecule has 2 rings (SSSR count). The third-order valence-corrected chi connectivity index (χ3v) is 4.59. The van der Waals surface area contributed by atoms with Gasteiger partial charge < -0.3 is 5.32 Å². The number of anilines is 1. The Morgan fingerprint density at radius 2 is 2.18 bits per heavy atom. The molecule has 3 atom stereocenters. The normalized spacial score (nSPS) is 29.1. The smallest absolute Gasteiger partial charge is 0.152 e. The number of hydrogen-bond acceptors (Lipinski definition) is 2. The molecule has 94 valence electrons. The number of rotatable bonds is 2. The molecule has 0 radical (unpaired) electrons. The highest BCUT2D eigenvalue weighted by molar-refractivity contribution is 9.10. The monoisotopic (exact) mass is 316 g/mol. The summed E-state index contributed by atoms with van der Waals surface area (Å²) in [5, 5.41) is 4.10. The highest BCUT2D eigenvalue weighted by atomic mass is 79.9. The van der Waals surface area contributed by atoms with Gasteiger partial charge in [-0.3, -0.25) is 0 Å². The second kappa shape index (κ2) is 5.57. The molecule has 1 heterocycles. The third kappa shape index (κ3) is 3.14. The predicted octanol–water partition coefficient (Wildman–Crippen LogP) is 4.73. The lowest BCUT2D eigenvalue weighted by atomic mass is 9.78. The molecule has 17 heavy (non-hydrogen) atoms. The first-order valence-corrected chi connectivity index (χ1v) is 7.32. The van der Waals surface area contributed by atoms with Gasteiger partial charge in [-0.2, -0.15) is 0 Å². The molecule has 3 unspecified atom stereocenters. The SMILES string of the molecule is CC1CCCC(Nc2cc(Br)cnc2Cl)C1C. The van der Waals surface area contributed by atoms with E-state index in [9.17, 15) is 0 Å². The zero-order chi connectivity index (χ0) is 12.4. The van der Waals surface area contributed by atoms with Gasteiger partial charge in [0.2, 0.25) is 0 Å². The Hall–Kier alpha value is -0.280. The Kier molecular flexibility index (Phi) is 4.31. The van der Waals surface area contributed by atoms with E-state index in [4.69, 9.17) is 11.6 Å². The van der Waals surface area contributed by atoms with Crippen molar-refractivity contribution in [2.24, 2.45) is 11.8 Å². The largest absolute Gasteiger partial charge is 0.380 e. The van der Waals surface area contributed by atoms with E-state index in [-0.39, 0.29) is 0 Å². The fourth-order valence-corrected chi connectivity index (χ4v) is 3.00. The van der Waals surface area contributed by atoms with Crippen molar-refractivity contribution in [3.8, 4) is 0 Å². The van der Waals surface area contributed by atoms with E-state index in [0.717, 1.165) is 16.1 Å². The molecular formula is C13H18BrClN2. The second-order valence-corrected chi connectivity index (χ2v) is 6.28. The molecule has 1 fully saturated rings. The number of nitrogens with one attached hydrogen (secondary N) is 1. The maximum absolute atomic E-state index is 6.11. The zero-order valence-corrected chi connectivity index (χ0v) is 12.6. The molecule has 1 saturated carbocycles. The fraction of sp³-hybridized carbons (Fsp3) is 0.615. The van der Waals surface area contributed by atoms with Gasteiger partial charge in [0.1, 0.15) is 0 Å². The van der Waals surface area contributed by atoms with Crippen LogP contribution in [0.5, 0.6) is 0 Å². The second-order valence-electron chi connectivity index (χ2n) is 5.01. The van der Waals surface area contributed by atoms with Gasteiger partial charge in [0.25, 0.3) is 0 Å². The molecule has 1 aliphatic carbocycles. The highest BCUT2D eigenvalue weighted by Crippen LogP contribution is 2.33. The van der Waals surface area contributed by atoms with Crippen molar-refractivity contribution in [1.29, 1.82) is 0 Å². The molecule has 0 aromatic carbocycles. The lowest BCUT2D eigenvalue weighted by Gasteiger charge is -2.35. The van der Waals surface area contributed by atoms with E-state index in [1.807, 2.05) is 6.07 Å². The van der Waals surface area contributed by atoms with Crippen LogP contribution in [0.2, 0.25) is 5.15 Å². The molecule has 1 aromatic heterocycles. The average Bonchev–Trinajstić information content (AvgIpc) is 2.30. The van der Waals surface area contributed by atoms with Crippen molar-refractivity contribution in [2.45, 2.75) is 39.2 Å². The molecule has 1 aliphatic rings. The molecule has 1 N–H and O–H groups in total.